The minimum atomic E-state index is -2.68. The summed E-state index contributed by atoms with van der Waals surface area (Å²) in [6.07, 6.45) is 0. The zero-order valence-corrected chi connectivity index (χ0v) is 20.3. The summed E-state index contributed by atoms with van der Waals surface area (Å²) in [6.45, 7) is 3.92. The van der Waals surface area contributed by atoms with Gasteiger partial charge in [-0.15, -0.1) is 0 Å². The molecule has 0 spiro atoms. The maximum atomic E-state index is 13.1. The van der Waals surface area contributed by atoms with Gasteiger partial charge in [0.15, 0.2) is 0 Å². The van der Waals surface area contributed by atoms with Crippen LogP contribution in [0.3, 0.4) is 0 Å². The average molecular weight is 510 g/mol. The molecule has 3 N–H and O–H groups in total. The van der Waals surface area contributed by atoms with E-state index in [-0.39, 0.29) is 16.7 Å². The quantitative estimate of drug-likeness (QED) is 0.274. The summed E-state index contributed by atoms with van der Waals surface area (Å²) in [5, 5.41) is 30.5. The van der Waals surface area contributed by atoms with Gasteiger partial charge in [-0.25, -0.2) is 14.4 Å². The van der Waals surface area contributed by atoms with E-state index < -0.39 is 47.7 Å². The molecule has 0 heterocycles. The van der Waals surface area contributed by atoms with Crippen molar-refractivity contribution in [3.63, 3.8) is 0 Å². The highest BCUT2D eigenvalue weighted by Crippen LogP contribution is 2.29. The van der Waals surface area contributed by atoms with Crippen LogP contribution < -0.4 is 0 Å². The van der Waals surface area contributed by atoms with Gasteiger partial charge in [-0.2, -0.15) is 0 Å². The van der Waals surface area contributed by atoms with Crippen LogP contribution in [-0.4, -0.2) is 63.7 Å². The molecule has 3 aromatic rings. The maximum Gasteiger partial charge on any atom is 0.437 e. The number of esters is 3. The first-order valence-corrected chi connectivity index (χ1v) is 11.5. The Labute approximate surface area is 213 Å². The molecule has 0 aliphatic carbocycles. The smallest absolute Gasteiger partial charge is 0.437 e. The molecule has 194 valence electrons. The fraction of sp³-hybridized carbons (Fsp3) is 0.222. The van der Waals surface area contributed by atoms with Crippen molar-refractivity contribution in [3.05, 3.63) is 89.5 Å². The van der Waals surface area contributed by atoms with Crippen LogP contribution in [0.15, 0.2) is 72.8 Å². The molecule has 0 bridgehead atoms. The molecule has 3 rings (SSSR count). The van der Waals surface area contributed by atoms with E-state index in [2.05, 4.69) is 0 Å². The maximum absolute atomic E-state index is 13.1. The number of phenolic OH excluding ortho intramolecular Hbond substituents is 3. The Morgan fingerprint density at radius 3 is 1.19 bits per heavy atom. The van der Waals surface area contributed by atoms with Gasteiger partial charge < -0.3 is 29.5 Å². The Morgan fingerprint density at radius 2 is 0.919 bits per heavy atom. The molecular weight excluding hydrogens is 482 g/mol. The molecular formula is C27H27NO9. The second kappa shape index (κ2) is 11.9. The summed E-state index contributed by atoms with van der Waals surface area (Å²) in [4.78, 5) is 41.0. The highest BCUT2D eigenvalue weighted by molar-refractivity contribution is 5.95. The van der Waals surface area contributed by atoms with E-state index in [1.54, 1.807) is 18.7 Å². The third kappa shape index (κ3) is 6.56. The van der Waals surface area contributed by atoms with Gasteiger partial charge in [0, 0.05) is 0 Å². The number of benzene rings is 3. The molecule has 0 atom stereocenters. The van der Waals surface area contributed by atoms with Gasteiger partial charge in [0.05, 0.1) is 0 Å². The molecule has 0 amide bonds. The minimum Gasteiger partial charge on any atom is -0.507 e. The second-order valence-electron chi connectivity index (χ2n) is 7.86. The number of phenols is 3. The van der Waals surface area contributed by atoms with E-state index in [4.69, 9.17) is 14.2 Å². The molecule has 0 radical (unpaired) electrons. The van der Waals surface area contributed by atoms with Gasteiger partial charge in [-0.1, -0.05) is 50.2 Å². The molecule has 10 nitrogen and oxygen atoms in total. The molecule has 3 aromatic carbocycles. The van der Waals surface area contributed by atoms with Crippen LogP contribution in [0.5, 0.6) is 17.2 Å². The lowest BCUT2D eigenvalue weighted by atomic mass is 10.2. The molecule has 0 saturated heterocycles. The molecule has 0 aliphatic rings. The van der Waals surface area contributed by atoms with Crippen LogP contribution in [0, 0.1) is 0 Å². The highest BCUT2D eigenvalue weighted by atomic mass is 16.9. The summed E-state index contributed by atoms with van der Waals surface area (Å²) < 4.78 is 16.5. The van der Waals surface area contributed by atoms with Crippen molar-refractivity contribution in [2.24, 2.45) is 0 Å². The van der Waals surface area contributed by atoms with Crippen molar-refractivity contribution >= 4 is 17.9 Å². The highest BCUT2D eigenvalue weighted by Gasteiger charge is 2.47. The number of hydrogen-bond acceptors (Lipinski definition) is 10. The Hall–Kier alpha value is -4.57. The third-order valence-electron chi connectivity index (χ3n) is 5.43. The number of carbonyl (C=O) groups excluding carboxylic acids is 3. The third-order valence-corrected chi connectivity index (χ3v) is 5.43. The Kier molecular flexibility index (Phi) is 8.70. The molecule has 0 unspecified atom stereocenters. The monoisotopic (exact) mass is 509 g/mol. The number of nitrogens with zero attached hydrogens (tertiary/aromatic N) is 1. The van der Waals surface area contributed by atoms with Gasteiger partial charge in [0.25, 0.3) is 0 Å². The second-order valence-corrected chi connectivity index (χ2v) is 7.86. The fourth-order valence-corrected chi connectivity index (χ4v) is 3.41. The largest absolute Gasteiger partial charge is 0.507 e. The number of carbonyl (C=O) groups is 3. The SMILES string of the molecule is CCN(CC)CC(OC(=O)c1ccccc1O)(OC(=O)c1ccccc1O)OC(=O)c1ccccc1O. The molecule has 10 heteroatoms. The van der Waals surface area contributed by atoms with Crippen molar-refractivity contribution in [2.75, 3.05) is 19.6 Å². The van der Waals surface area contributed by atoms with Crippen molar-refractivity contribution in [1.29, 1.82) is 0 Å². The number of rotatable bonds is 10. The summed E-state index contributed by atoms with van der Waals surface area (Å²) in [5.41, 5.74) is -0.823. The molecule has 0 saturated carbocycles. The summed E-state index contributed by atoms with van der Waals surface area (Å²) in [6, 6.07) is 16.5. The van der Waals surface area contributed by atoms with Gasteiger partial charge in [0.2, 0.25) is 0 Å². The first-order valence-electron chi connectivity index (χ1n) is 11.5. The van der Waals surface area contributed by atoms with Gasteiger partial charge in [-0.3, -0.25) is 4.90 Å². The van der Waals surface area contributed by atoms with Crippen LogP contribution in [0.4, 0.5) is 0 Å². The number of likely N-dealkylation sites (N-methyl/N-ethyl adjacent to an activating group) is 1. The minimum absolute atomic E-state index is 0.274. The topological polar surface area (TPSA) is 143 Å². The molecule has 0 fully saturated rings. The number of para-hydroxylation sites is 3. The van der Waals surface area contributed by atoms with Crippen molar-refractivity contribution < 1.29 is 43.9 Å². The zero-order chi connectivity index (χ0) is 27.0. The molecule has 37 heavy (non-hydrogen) atoms. The van der Waals surface area contributed by atoms with Crippen LogP contribution in [0.1, 0.15) is 44.9 Å². The van der Waals surface area contributed by atoms with Crippen LogP contribution in [0.25, 0.3) is 0 Å². The Bertz CT molecular complexity index is 1130. The number of ether oxygens (including phenoxy) is 3. The lowest BCUT2D eigenvalue weighted by Gasteiger charge is -2.35. The van der Waals surface area contributed by atoms with Gasteiger partial charge in [0.1, 0.15) is 40.5 Å². The molecule has 0 aliphatic heterocycles. The number of hydrogen-bond donors (Lipinski definition) is 3. The first kappa shape index (κ1) is 27.0. The van der Waals surface area contributed by atoms with Crippen molar-refractivity contribution in [1.82, 2.24) is 4.90 Å². The number of aromatic hydroxyl groups is 3. The average Bonchev–Trinajstić information content (AvgIpc) is 2.87. The van der Waals surface area contributed by atoms with E-state index in [0.29, 0.717) is 13.1 Å². The molecule has 0 aromatic heterocycles. The lowest BCUT2D eigenvalue weighted by Crippen LogP contribution is -2.52. The van der Waals surface area contributed by atoms with E-state index in [1.165, 1.54) is 72.8 Å². The normalized spacial score (nSPS) is 11.1. The predicted octanol–water partition coefficient (Wildman–Crippen LogP) is 3.67. The standard InChI is InChI=1S/C27H27NO9/c1-3-28(4-2)17-27(35-24(32)18-11-5-8-14-21(18)29,36-25(33)19-12-6-9-15-22(19)30)37-26(34)20-13-7-10-16-23(20)31/h5-16,29-31H,3-4,17H2,1-2H3. The van der Waals surface area contributed by atoms with Crippen LogP contribution in [-0.2, 0) is 14.2 Å². The fourth-order valence-electron chi connectivity index (χ4n) is 3.41. The van der Waals surface area contributed by atoms with Crippen LogP contribution >= 0.6 is 0 Å². The van der Waals surface area contributed by atoms with E-state index in [1.807, 2.05) is 0 Å². The van der Waals surface area contributed by atoms with E-state index in [0.717, 1.165) is 0 Å². The Morgan fingerprint density at radius 1 is 0.622 bits per heavy atom. The van der Waals surface area contributed by atoms with Gasteiger partial charge >= 0.3 is 23.9 Å². The Balaban J connectivity index is 2.10. The van der Waals surface area contributed by atoms with E-state index in [9.17, 15) is 29.7 Å². The lowest BCUT2D eigenvalue weighted by molar-refractivity contribution is -0.306. The predicted molar refractivity (Wildman–Crippen MR) is 131 cm³/mol. The van der Waals surface area contributed by atoms with Crippen molar-refractivity contribution in [2.45, 2.75) is 19.8 Å². The summed E-state index contributed by atoms with van der Waals surface area (Å²) in [7, 11) is 0. The zero-order valence-electron chi connectivity index (χ0n) is 20.3. The summed E-state index contributed by atoms with van der Waals surface area (Å²) >= 11 is 0. The van der Waals surface area contributed by atoms with Gasteiger partial charge in [-0.05, 0) is 49.5 Å². The van der Waals surface area contributed by atoms with Crippen molar-refractivity contribution in [3.8, 4) is 17.2 Å². The summed E-state index contributed by atoms with van der Waals surface area (Å²) in [5.74, 6) is -7.37. The van der Waals surface area contributed by atoms with Crippen LogP contribution in [0.2, 0.25) is 0 Å². The van der Waals surface area contributed by atoms with E-state index >= 15 is 0 Å². The first-order chi connectivity index (χ1) is 17.7.